The zero-order chi connectivity index (χ0) is 24.8. The minimum Gasteiger partial charge on any atom is -0.383 e. The monoisotopic (exact) mass is 492 g/mol. The Morgan fingerprint density at radius 2 is 1.81 bits per heavy atom. The number of carbonyl (C=O) groups excluding carboxylic acids is 2. The number of nitrogens with zero attached hydrogens (tertiary/aromatic N) is 4. The first-order valence-electron chi connectivity index (χ1n) is 13.2. The molecule has 190 valence electrons. The number of carbonyl (C=O) groups is 2. The first-order chi connectivity index (χ1) is 17.5. The van der Waals surface area contributed by atoms with E-state index < -0.39 is 5.82 Å². The molecule has 1 aromatic heterocycles. The van der Waals surface area contributed by atoms with Crippen molar-refractivity contribution in [1.29, 1.82) is 0 Å². The third-order valence-electron chi connectivity index (χ3n) is 7.99. The molecule has 2 aliphatic carbocycles. The number of halogens is 1. The van der Waals surface area contributed by atoms with Crippen LogP contribution in [-0.4, -0.2) is 67.6 Å². The van der Waals surface area contributed by atoms with Crippen LogP contribution in [0.15, 0.2) is 30.5 Å². The third-order valence-corrected chi connectivity index (χ3v) is 7.99. The highest BCUT2D eigenvalue weighted by Crippen LogP contribution is 2.47. The Morgan fingerprint density at radius 1 is 1.06 bits per heavy atom. The Bertz CT molecular complexity index is 1170. The molecular weight excluding hydrogens is 459 g/mol. The summed E-state index contributed by atoms with van der Waals surface area (Å²) in [7, 11) is 1.59. The molecule has 3 heterocycles. The van der Waals surface area contributed by atoms with Crippen LogP contribution in [0.3, 0.4) is 0 Å². The summed E-state index contributed by atoms with van der Waals surface area (Å²) in [6, 6.07) is 6.75. The number of benzene rings is 1. The summed E-state index contributed by atoms with van der Waals surface area (Å²) in [6.45, 7) is 2.82. The van der Waals surface area contributed by atoms with E-state index in [2.05, 4.69) is 11.0 Å². The van der Waals surface area contributed by atoms with Crippen molar-refractivity contribution in [2.45, 2.75) is 56.4 Å². The van der Waals surface area contributed by atoms with Gasteiger partial charge in [0.2, 0.25) is 5.91 Å². The van der Waals surface area contributed by atoms with Crippen LogP contribution in [-0.2, 0) is 9.53 Å². The van der Waals surface area contributed by atoms with Crippen LogP contribution >= 0.6 is 0 Å². The molecule has 2 aliphatic heterocycles. The van der Waals surface area contributed by atoms with E-state index in [4.69, 9.17) is 9.72 Å². The average Bonchev–Trinajstić information content (AvgIpc) is 3.82. The SMILES string of the molecule is COC[C@@H]1CCC(=O)N1c1ccc(C(=O)N2CCN(c3ncc(C4CC4)cc3C3CC3)CC2)c(F)c1. The normalized spacial score (nSPS) is 22.4. The van der Waals surface area contributed by atoms with Crippen LogP contribution in [0.2, 0.25) is 0 Å². The van der Waals surface area contributed by atoms with Gasteiger partial charge in [0.25, 0.3) is 5.91 Å². The smallest absolute Gasteiger partial charge is 0.256 e. The van der Waals surface area contributed by atoms with Gasteiger partial charge in [0.15, 0.2) is 0 Å². The molecule has 7 nitrogen and oxygen atoms in total. The van der Waals surface area contributed by atoms with E-state index in [0.29, 0.717) is 63.2 Å². The molecular formula is C28H33FN4O3. The first kappa shape index (κ1) is 23.4. The summed E-state index contributed by atoms with van der Waals surface area (Å²) < 4.78 is 20.3. The van der Waals surface area contributed by atoms with Gasteiger partial charge < -0.3 is 19.4 Å². The Balaban J connectivity index is 1.13. The summed E-state index contributed by atoms with van der Waals surface area (Å²) in [5, 5.41) is 0. The van der Waals surface area contributed by atoms with Crippen molar-refractivity contribution in [2.24, 2.45) is 0 Å². The standard InChI is InChI=1S/C28H33FN4O3/c1-36-17-22-7-9-26(34)33(22)21-6-8-23(25(29)15-21)28(35)32-12-10-31(11-13-32)27-24(19-4-5-19)14-20(16-30-27)18-2-3-18/h6,8,14-16,18-19,22H,2-5,7,9-13,17H2,1H3/t22-/m0/s1. The first-order valence-corrected chi connectivity index (χ1v) is 13.2. The maximum Gasteiger partial charge on any atom is 0.256 e. The molecule has 36 heavy (non-hydrogen) atoms. The van der Waals surface area contributed by atoms with E-state index in [-0.39, 0.29) is 23.4 Å². The minimum absolute atomic E-state index is 0.0454. The van der Waals surface area contributed by atoms with Gasteiger partial charge in [0.05, 0.1) is 18.2 Å². The van der Waals surface area contributed by atoms with Gasteiger partial charge in [-0.25, -0.2) is 9.37 Å². The predicted molar refractivity (Wildman–Crippen MR) is 135 cm³/mol. The van der Waals surface area contributed by atoms with Crippen molar-refractivity contribution in [1.82, 2.24) is 9.88 Å². The number of aromatic nitrogens is 1. The second-order valence-electron chi connectivity index (χ2n) is 10.6. The Hall–Kier alpha value is -3.00. The number of piperazine rings is 1. The average molecular weight is 493 g/mol. The number of hydrogen-bond donors (Lipinski definition) is 0. The van der Waals surface area contributed by atoms with Crippen LogP contribution in [0.1, 0.15) is 71.8 Å². The molecule has 2 amide bonds. The highest BCUT2D eigenvalue weighted by atomic mass is 19.1. The lowest BCUT2D eigenvalue weighted by Crippen LogP contribution is -2.49. The van der Waals surface area contributed by atoms with E-state index in [0.717, 1.165) is 5.82 Å². The van der Waals surface area contributed by atoms with Crippen molar-refractivity contribution in [3.05, 3.63) is 53.0 Å². The van der Waals surface area contributed by atoms with E-state index >= 15 is 4.39 Å². The summed E-state index contributed by atoms with van der Waals surface area (Å²) >= 11 is 0. The highest BCUT2D eigenvalue weighted by molar-refractivity contribution is 5.98. The topological polar surface area (TPSA) is 66.0 Å². The molecule has 6 rings (SSSR count). The Kier molecular flexibility index (Phi) is 6.15. The zero-order valence-corrected chi connectivity index (χ0v) is 20.8. The van der Waals surface area contributed by atoms with Crippen LogP contribution in [0.25, 0.3) is 0 Å². The Morgan fingerprint density at radius 3 is 2.47 bits per heavy atom. The largest absolute Gasteiger partial charge is 0.383 e. The molecule has 4 fully saturated rings. The zero-order valence-electron chi connectivity index (χ0n) is 20.8. The molecule has 0 bridgehead atoms. The van der Waals surface area contributed by atoms with E-state index in [1.165, 1.54) is 48.9 Å². The fourth-order valence-electron chi connectivity index (χ4n) is 5.66. The summed E-state index contributed by atoms with van der Waals surface area (Å²) in [5.41, 5.74) is 3.26. The van der Waals surface area contributed by atoms with E-state index in [9.17, 15) is 9.59 Å². The molecule has 1 atom stereocenters. The summed E-state index contributed by atoms with van der Waals surface area (Å²) in [4.78, 5) is 36.0. The number of pyridine rings is 1. The second-order valence-corrected chi connectivity index (χ2v) is 10.6. The number of ether oxygens (including phenoxy) is 1. The second kappa shape index (κ2) is 9.47. The van der Waals surface area contributed by atoms with Crippen LogP contribution in [0, 0.1) is 5.82 Å². The lowest BCUT2D eigenvalue weighted by atomic mass is 10.1. The fraction of sp³-hybridized carbons (Fsp3) is 0.536. The molecule has 0 N–H and O–H groups in total. The molecule has 1 aromatic carbocycles. The minimum atomic E-state index is -0.593. The van der Waals surface area contributed by atoms with Crippen molar-refractivity contribution < 1.29 is 18.7 Å². The van der Waals surface area contributed by atoms with Crippen LogP contribution in [0.4, 0.5) is 15.9 Å². The molecule has 0 unspecified atom stereocenters. The molecule has 0 spiro atoms. The van der Waals surface area contributed by atoms with Gasteiger partial charge in [-0.15, -0.1) is 0 Å². The van der Waals surface area contributed by atoms with Crippen molar-refractivity contribution in [2.75, 3.05) is 49.7 Å². The van der Waals surface area contributed by atoms with Gasteiger partial charge in [-0.1, -0.05) is 6.07 Å². The molecule has 8 heteroatoms. The van der Waals surface area contributed by atoms with E-state index in [1.54, 1.807) is 23.0 Å². The van der Waals surface area contributed by atoms with Gasteiger partial charge in [0.1, 0.15) is 11.6 Å². The number of methoxy groups -OCH3 is 1. The number of anilines is 2. The van der Waals surface area contributed by atoms with Crippen molar-refractivity contribution >= 4 is 23.3 Å². The third kappa shape index (κ3) is 4.47. The van der Waals surface area contributed by atoms with Gasteiger partial charge in [-0.3, -0.25) is 9.59 Å². The quantitative estimate of drug-likeness (QED) is 0.583. The molecule has 2 saturated heterocycles. The molecule has 4 aliphatic rings. The number of rotatable bonds is 7. The lowest BCUT2D eigenvalue weighted by Gasteiger charge is -2.36. The van der Waals surface area contributed by atoms with Gasteiger partial charge in [0, 0.05) is 51.6 Å². The predicted octanol–water partition coefficient (Wildman–Crippen LogP) is 4.08. The maximum atomic E-state index is 15.1. The highest BCUT2D eigenvalue weighted by Gasteiger charge is 2.35. The van der Waals surface area contributed by atoms with Crippen molar-refractivity contribution in [3.8, 4) is 0 Å². The molecule has 2 saturated carbocycles. The van der Waals surface area contributed by atoms with Crippen LogP contribution in [0.5, 0.6) is 0 Å². The lowest BCUT2D eigenvalue weighted by molar-refractivity contribution is -0.117. The van der Waals surface area contributed by atoms with Crippen molar-refractivity contribution in [3.63, 3.8) is 0 Å². The van der Waals surface area contributed by atoms with Gasteiger partial charge in [-0.05, 0) is 73.3 Å². The summed E-state index contributed by atoms with van der Waals surface area (Å²) in [6.07, 6.45) is 8.13. The van der Waals surface area contributed by atoms with Gasteiger partial charge in [-0.2, -0.15) is 0 Å². The maximum absolute atomic E-state index is 15.1. The number of hydrogen-bond acceptors (Lipinski definition) is 5. The van der Waals surface area contributed by atoms with E-state index in [1.807, 2.05) is 6.20 Å². The van der Waals surface area contributed by atoms with Crippen LogP contribution < -0.4 is 9.80 Å². The Labute approximate surface area is 211 Å². The molecule has 2 aromatic rings. The van der Waals surface area contributed by atoms with Gasteiger partial charge >= 0.3 is 0 Å². The number of amides is 2. The fourth-order valence-corrected chi connectivity index (χ4v) is 5.66. The summed E-state index contributed by atoms with van der Waals surface area (Å²) in [5.74, 6) is 1.42. The molecule has 0 radical (unpaired) electrons.